The average Bonchev–Trinajstić information content (AvgIpc) is 3.29. The zero-order chi connectivity index (χ0) is 22.2. The summed E-state index contributed by atoms with van der Waals surface area (Å²) in [6.07, 6.45) is 1.59. The fourth-order valence-corrected chi connectivity index (χ4v) is 5.58. The van der Waals surface area contributed by atoms with Crippen molar-refractivity contribution in [1.82, 2.24) is 23.6 Å². The summed E-state index contributed by atoms with van der Waals surface area (Å²) in [7, 11) is -1.61. The molecule has 2 aromatic heterocycles. The number of carbonyl (C=O) groups excluding carboxylic acids is 1. The van der Waals surface area contributed by atoms with Gasteiger partial charge in [-0.2, -0.15) is 9.40 Å². The minimum Gasteiger partial charge on any atom is -0.336 e. The van der Waals surface area contributed by atoms with Crippen LogP contribution >= 0.6 is 0 Å². The Morgan fingerprint density at radius 1 is 0.968 bits per heavy atom. The molecule has 0 aliphatic carbocycles. The highest BCUT2D eigenvalue weighted by molar-refractivity contribution is 7.88. The van der Waals surface area contributed by atoms with Crippen LogP contribution < -0.4 is 0 Å². The van der Waals surface area contributed by atoms with E-state index < -0.39 is 10.0 Å². The van der Waals surface area contributed by atoms with Crippen LogP contribution in [0.2, 0.25) is 0 Å². The Kier molecular flexibility index (Phi) is 5.72. The van der Waals surface area contributed by atoms with E-state index in [4.69, 9.17) is 0 Å². The van der Waals surface area contributed by atoms with E-state index >= 15 is 0 Å². The molecule has 0 spiro atoms. The molecule has 0 radical (unpaired) electrons. The third kappa shape index (κ3) is 4.15. The average molecular weight is 442 g/mol. The number of hydrogen-bond acceptors (Lipinski definition) is 4. The van der Waals surface area contributed by atoms with Gasteiger partial charge in [-0.05, 0) is 31.5 Å². The first kappa shape index (κ1) is 21.3. The number of sulfonamides is 1. The summed E-state index contributed by atoms with van der Waals surface area (Å²) in [5.41, 5.74) is 3.32. The van der Waals surface area contributed by atoms with Crippen molar-refractivity contribution >= 4 is 15.9 Å². The maximum atomic E-state index is 13.3. The van der Waals surface area contributed by atoms with Crippen LogP contribution in [0.4, 0.5) is 0 Å². The van der Waals surface area contributed by atoms with E-state index in [1.54, 1.807) is 15.8 Å². The van der Waals surface area contributed by atoms with Gasteiger partial charge in [0.2, 0.25) is 10.0 Å². The SMILES string of the molecule is Cc1ccc(C)n1-c1c(C(=O)N2CCN(S(=O)(=O)Cc3ccccc3)CC2)cnn1C. The zero-order valence-corrected chi connectivity index (χ0v) is 18.8. The summed E-state index contributed by atoms with van der Waals surface area (Å²) in [6.45, 7) is 5.26. The molecule has 0 atom stereocenters. The molecule has 1 amide bonds. The lowest BCUT2D eigenvalue weighted by Crippen LogP contribution is -2.50. The molecule has 0 unspecified atom stereocenters. The number of aromatic nitrogens is 3. The van der Waals surface area contributed by atoms with Gasteiger partial charge in [0, 0.05) is 44.6 Å². The van der Waals surface area contributed by atoms with Gasteiger partial charge in [-0.25, -0.2) is 8.42 Å². The van der Waals surface area contributed by atoms with Gasteiger partial charge in [0.05, 0.1) is 11.9 Å². The van der Waals surface area contributed by atoms with Crippen LogP contribution in [0.5, 0.6) is 0 Å². The molecular weight excluding hydrogens is 414 g/mol. The molecule has 1 aliphatic heterocycles. The van der Waals surface area contributed by atoms with E-state index in [1.807, 2.05) is 67.9 Å². The van der Waals surface area contributed by atoms with Gasteiger partial charge in [-0.1, -0.05) is 30.3 Å². The molecule has 1 saturated heterocycles. The Hall–Kier alpha value is -2.91. The number of benzene rings is 1. The summed E-state index contributed by atoms with van der Waals surface area (Å²) < 4.78 is 30.8. The van der Waals surface area contributed by atoms with Gasteiger partial charge in [-0.15, -0.1) is 0 Å². The van der Waals surface area contributed by atoms with Crippen LogP contribution in [0.1, 0.15) is 27.3 Å². The van der Waals surface area contributed by atoms with Gasteiger partial charge < -0.3 is 9.47 Å². The Balaban J connectivity index is 1.49. The van der Waals surface area contributed by atoms with Crippen molar-refractivity contribution in [2.45, 2.75) is 19.6 Å². The minimum atomic E-state index is -3.43. The summed E-state index contributed by atoms with van der Waals surface area (Å²) >= 11 is 0. The summed E-state index contributed by atoms with van der Waals surface area (Å²) in [5.74, 6) is 0.570. The highest BCUT2D eigenvalue weighted by Crippen LogP contribution is 2.22. The number of nitrogens with zero attached hydrogens (tertiary/aromatic N) is 5. The number of carbonyl (C=O) groups is 1. The molecule has 1 fully saturated rings. The second kappa shape index (κ2) is 8.32. The summed E-state index contributed by atoms with van der Waals surface area (Å²) in [6, 6.07) is 13.2. The van der Waals surface area contributed by atoms with Gasteiger partial charge in [0.1, 0.15) is 11.4 Å². The van der Waals surface area contributed by atoms with Gasteiger partial charge in [0.25, 0.3) is 5.91 Å². The van der Waals surface area contributed by atoms with Crippen molar-refractivity contribution in [3.8, 4) is 5.82 Å². The second-order valence-electron chi connectivity index (χ2n) is 7.89. The number of piperazine rings is 1. The molecule has 31 heavy (non-hydrogen) atoms. The Bertz CT molecular complexity index is 1170. The predicted octanol–water partition coefficient (Wildman–Crippen LogP) is 2.12. The van der Waals surface area contributed by atoms with Crippen LogP contribution in [0, 0.1) is 13.8 Å². The Labute approximate surface area is 182 Å². The van der Waals surface area contributed by atoms with Crippen molar-refractivity contribution in [3.63, 3.8) is 0 Å². The van der Waals surface area contributed by atoms with Gasteiger partial charge in [0.15, 0.2) is 0 Å². The lowest BCUT2D eigenvalue weighted by atomic mass is 10.2. The molecule has 0 N–H and O–H groups in total. The van der Waals surface area contributed by atoms with E-state index in [0.717, 1.165) is 22.8 Å². The highest BCUT2D eigenvalue weighted by Gasteiger charge is 2.31. The Morgan fingerprint density at radius 3 is 2.19 bits per heavy atom. The van der Waals surface area contributed by atoms with Crippen molar-refractivity contribution in [3.05, 3.63) is 71.2 Å². The third-order valence-electron chi connectivity index (χ3n) is 5.73. The largest absolute Gasteiger partial charge is 0.336 e. The molecule has 4 rings (SSSR count). The predicted molar refractivity (Wildman–Crippen MR) is 119 cm³/mol. The smallest absolute Gasteiger partial charge is 0.259 e. The van der Waals surface area contributed by atoms with Gasteiger partial charge in [-0.3, -0.25) is 9.48 Å². The number of rotatable bonds is 5. The van der Waals surface area contributed by atoms with Crippen LogP contribution in [0.15, 0.2) is 48.7 Å². The quantitative estimate of drug-likeness (QED) is 0.607. The molecule has 1 aromatic carbocycles. The molecule has 0 bridgehead atoms. The topological polar surface area (TPSA) is 80.4 Å². The Morgan fingerprint density at radius 2 is 1.58 bits per heavy atom. The number of amides is 1. The fraction of sp³-hybridized carbons (Fsp3) is 0.364. The summed E-state index contributed by atoms with van der Waals surface area (Å²) in [5, 5.41) is 4.31. The normalized spacial score (nSPS) is 15.4. The molecule has 8 nitrogen and oxygen atoms in total. The third-order valence-corrected chi connectivity index (χ3v) is 7.58. The molecule has 3 heterocycles. The van der Waals surface area contributed by atoms with Gasteiger partial charge >= 0.3 is 0 Å². The number of aryl methyl sites for hydroxylation is 3. The van der Waals surface area contributed by atoms with E-state index in [2.05, 4.69) is 5.10 Å². The number of hydrogen-bond donors (Lipinski definition) is 0. The first-order valence-corrected chi connectivity index (χ1v) is 11.9. The van der Waals surface area contributed by atoms with Crippen molar-refractivity contribution in [2.24, 2.45) is 7.05 Å². The molecular formula is C22H27N5O3S. The van der Waals surface area contributed by atoms with Crippen molar-refractivity contribution in [1.29, 1.82) is 0 Å². The molecule has 3 aromatic rings. The zero-order valence-electron chi connectivity index (χ0n) is 18.0. The highest BCUT2D eigenvalue weighted by atomic mass is 32.2. The van der Waals surface area contributed by atoms with E-state index in [0.29, 0.717) is 18.7 Å². The second-order valence-corrected chi connectivity index (χ2v) is 9.86. The standard InChI is InChI=1S/C22H27N5O3S/c1-17-9-10-18(2)27(17)21-20(15-23-24(21)3)22(28)25-11-13-26(14-12-25)31(29,30)16-19-7-5-4-6-8-19/h4-10,15H,11-14,16H2,1-3H3. The summed E-state index contributed by atoms with van der Waals surface area (Å²) in [4.78, 5) is 15.0. The van der Waals surface area contributed by atoms with Crippen LogP contribution in [0.3, 0.4) is 0 Å². The first-order chi connectivity index (χ1) is 14.8. The maximum Gasteiger partial charge on any atom is 0.259 e. The minimum absolute atomic E-state index is 0.0271. The first-order valence-electron chi connectivity index (χ1n) is 10.3. The molecule has 1 aliphatic rings. The molecule has 0 saturated carbocycles. The van der Waals surface area contributed by atoms with Crippen LogP contribution in [-0.2, 0) is 22.8 Å². The monoisotopic (exact) mass is 441 g/mol. The lowest BCUT2D eigenvalue weighted by molar-refractivity contribution is 0.0697. The molecule has 9 heteroatoms. The fourth-order valence-electron chi connectivity index (χ4n) is 4.07. The van der Waals surface area contributed by atoms with Crippen molar-refractivity contribution in [2.75, 3.05) is 26.2 Å². The van der Waals surface area contributed by atoms with E-state index in [9.17, 15) is 13.2 Å². The lowest BCUT2D eigenvalue weighted by Gasteiger charge is -2.34. The van der Waals surface area contributed by atoms with E-state index in [1.165, 1.54) is 4.31 Å². The van der Waals surface area contributed by atoms with Crippen LogP contribution in [-0.4, -0.2) is 64.1 Å². The molecule has 164 valence electrons. The maximum absolute atomic E-state index is 13.3. The van der Waals surface area contributed by atoms with Crippen molar-refractivity contribution < 1.29 is 13.2 Å². The van der Waals surface area contributed by atoms with Crippen LogP contribution in [0.25, 0.3) is 5.82 Å². The van der Waals surface area contributed by atoms with E-state index in [-0.39, 0.29) is 24.7 Å².